The van der Waals surface area contributed by atoms with Crippen LogP contribution in [0.1, 0.15) is 23.2 Å². The second kappa shape index (κ2) is 8.83. The van der Waals surface area contributed by atoms with Gasteiger partial charge >= 0.3 is 0 Å². The second-order valence-electron chi connectivity index (χ2n) is 9.53. The lowest BCUT2D eigenvalue weighted by molar-refractivity contribution is 0.102. The fraction of sp³-hybridized carbons (Fsp3) is 0.320. The zero-order valence-corrected chi connectivity index (χ0v) is 21.5. The van der Waals surface area contributed by atoms with Gasteiger partial charge in [-0.25, -0.2) is 13.1 Å². The van der Waals surface area contributed by atoms with Gasteiger partial charge in [0.15, 0.2) is 0 Å². The summed E-state index contributed by atoms with van der Waals surface area (Å²) < 4.78 is 4.04. The summed E-state index contributed by atoms with van der Waals surface area (Å²) in [6.07, 6.45) is 7.80. The number of halogens is 1. The number of nitrogens with one attached hydrogen (secondary N) is 1. The molecule has 1 aromatic carbocycles. The van der Waals surface area contributed by atoms with E-state index in [1.54, 1.807) is 23.1 Å². The van der Waals surface area contributed by atoms with Gasteiger partial charge in [0.1, 0.15) is 17.3 Å². The predicted octanol–water partition coefficient (Wildman–Crippen LogP) is 3.93. The zero-order valence-electron chi connectivity index (χ0n) is 19.4. The van der Waals surface area contributed by atoms with Gasteiger partial charge in [-0.3, -0.25) is 9.48 Å². The molecule has 2 aliphatic heterocycles. The molecule has 0 aliphatic carbocycles. The van der Waals surface area contributed by atoms with Gasteiger partial charge in [-0.05, 0) is 42.5 Å². The summed E-state index contributed by atoms with van der Waals surface area (Å²) in [4.78, 5) is 24.3. The number of fused-ring (bicyclic) bond motifs is 1. The van der Waals surface area contributed by atoms with E-state index in [1.807, 2.05) is 43.6 Å². The number of hydrogen-bond acceptors (Lipinski definition) is 7. The number of carbonyl (C=O) groups is 1. The first-order valence-electron chi connectivity index (χ1n) is 11.7. The summed E-state index contributed by atoms with van der Waals surface area (Å²) in [5.74, 6) is 1.17. The quantitative estimate of drug-likeness (QED) is 0.289. The Bertz CT molecular complexity index is 1400. The van der Waals surface area contributed by atoms with Crippen molar-refractivity contribution in [3.05, 3.63) is 60.6 Å². The van der Waals surface area contributed by atoms with Crippen molar-refractivity contribution in [3.63, 3.8) is 0 Å². The maximum Gasteiger partial charge on any atom is 0.257 e. The average molecular weight is 580 g/mol. The highest BCUT2D eigenvalue weighted by molar-refractivity contribution is 14.1. The molecule has 2 saturated heterocycles. The lowest BCUT2D eigenvalue weighted by Gasteiger charge is -2.53. The summed E-state index contributed by atoms with van der Waals surface area (Å²) >= 11 is 2.41. The molecule has 3 aromatic heterocycles. The van der Waals surface area contributed by atoms with Crippen LogP contribution >= 0.6 is 22.9 Å². The number of aromatic nitrogens is 5. The topological polar surface area (TPSA) is 92.1 Å². The number of anilines is 2. The van der Waals surface area contributed by atoms with Crippen LogP contribution < -0.4 is 10.2 Å². The highest BCUT2D eigenvalue weighted by Gasteiger charge is 2.45. The first-order valence-corrected chi connectivity index (χ1v) is 12.6. The number of pyridine rings is 2. The number of piperidine rings is 1. The molecule has 0 atom stereocenters. The van der Waals surface area contributed by atoms with Crippen LogP contribution in [0, 0.1) is 5.41 Å². The highest BCUT2D eigenvalue weighted by atomic mass is 127. The van der Waals surface area contributed by atoms with Gasteiger partial charge in [0.05, 0.1) is 6.20 Å². The van der Waals surface area contributed by atoms with Crippen molar-refractivity contribution in [2.24, 2.45) is 12.5 Å². The van der Waals surface area contributed by atoms with Gasteiger partial charge in [0, 0.05) is 90.4 Å². The third-order valence-electron chi connectivity index (χ3n) is 7.02. The molecule has 178 valence electrons. The number of benzene rings is 1. The Kier molecular flexibility index (Phi) is 5.64. The van der Waals surface area contributed by atoms with E-state index in [-0.39, 0.29) is 5.91 Å². The standard InChI is InChI=1S/C25H25IN8O/c1-32-14-21(30-31-32)17-2-3-19-13-28-22(11-20(19)10-17)29-24(35)18-4-7-27-23(12-18)33-15-25(16-33)5-8-34(26)9-6-25/h2-4,7,10-14H,5-6,8-9,15-16H2,1H3,(H,28,29,35). The van der Waals surface area contributed by atoms with Gasteiger partial charge in [-0.1, -0.05) is 17.3 Å². The number of hydrogen-bond donors (Lipinski definition) is 1. The fourth-order valence-electron chi connectivity index (χ4n) is 4.96. The number of rotatable bonds is 4. The smallest absolute Gasteiger partial charge is 0.257 e. The Morgan fingerprint density at radius 1 is 1.06 bits per heavy atom. The molecule has 2 fully saturated rings. The Morgan fingerprint density at radius 3 is 2.66 bits per heavy atom. The van der Waals surface area contributed by atoms with Crippen LogP contribution in [0.15, 0.2) is 55.0 Å². The molecule has 6 rings (SSSR count). The zero-order chi connectivity index (χ0) is 24.0. The molecule has 0 unspecified atom stereocenters. The molecule has 0 bridgehead atoms. The molecule has 1 N–H and O–H groups in total. The molecule has 9 nitrogen and oxygen atoms in total. The van der Waals surface area contributed by atoms with Crippen LogP contribution in [-0.2, 0) is 7.05 Å². The van der Waals surface area contributed by atoms with Crippen molar-refractivity contribution in [1.82, 2.24) is 28.1 Å². The van der Waals surface area contributed by atoms with Crippen LogP contribution in [0.4, 0.5) is 11.6 Å². The Hall–Kier alpha value is -3.12. The molecule has 5 heterocycles. The molecule has 4 aromatic rings. The van der Waals surface area contributed by atoms with Crippen molar-refractivity contribution in [2.45, 2.75) is 12.8 Å². The van der Waals surface area contributed by atoms with E-state index >= 15 is 0 Å². The Labute approximate surface area is 217 Å². The van der Waals surface area contributed by atoms with Crippen molar-refractivity contribution in [1.29, 1.82) is 0 Å². The van der Waals surface area contributed by atoms with E-state index in [9.17, 15) is 4.79 Å². The lowest BCUT2D eigenvalue weighted by atomic mass is 9.72. The van der Waals surface area contributed by atoms with Crippen molar-refractivity contribution in [3.8, 4) is 11.3 Å². The van der Waals surface area contributed by atoms with Crippen LogP contribution in [0.25, 0.3) is 22.0 Å². The summed E-state index contributed by atoms with van der Waals surface area (Å²) in [6.45, 7) is 4.30. The van der Waals surface area contributed by atoms with Gasteiger partial charge in [-0.2, -0.15) is 0 Å². The van der Waals surface area contributed by atoms with E-state index in [2.05, 4.69) is 56.5 Å². The Morgan fingerprint density at radius 2 is 1.89 bits per heavy atom. The summed E-state index contributed by atoms with van der Waals surface area (Å²) in [5.41, 5.74) is 2.74. The third-order valence-corrected chi connectivity index (χ3v) is 7.98. The maximum atomic E-state index is 13.0. The van der Waals surface area contributed by atoms with Crippen LogP contribution in [0.2, 0.25) is 0 Å². The normalized spacial score (nSPS) is 17.5. The van der Waals surface area contributed by atoms with E-state index in [1.165, 1.54) is 12.8 Å². The number of amides is 1. The summed E-state index contributed by atoms with van der Waals surface area (Å²) in [6, 6.07) is 11.5. The summed E-state index contributed by atoms with van der Waals surface area (Å²) in [5, 5.41) is 13.1. The molecule has 35 heavy (non-hydrogen) atoms. The monoisotopic (exact) mass is 580 g/mol. The van der Waals surface area contributed by atoms with E-state index < -0.39 is 0 Å². The second-order valence-corrected chi connectivity index (χ2v) is 10.9. The molecule has 2 aliphatic rings. The maximum absolute atomic E-state index is 13.0. The largest absolute Gasteiger partial charge is 0.355 e. The van der Waals surface area contributed by atoms with E-state index in [0.717, 1.165) is 54.0 Å². The number of aryl methyl sites for hydroxylation is 1. The van der Waals surface area contributed by atoms with Gasteiger partial charge in [0.25, 0.3) is 5.91 Å². The molecular weight excluding hydrogens is 555 g/mol. The first-order chi connectivity index (χ1) is 17.0. The van der Waals surface area contributed by atoms with Crippen molar-refractivity contribution >= 4 is 51.2 Å². The molecular formula is C25H25IN8O. The van der Waals surface area contributed by atoms with Crippen LogP contribution in [-0.4, -0.2) is 60.2 Å². The molecule has 1 amide bonds. The van der Waals surface area contributed by atoms with Crippen LogP contribution in [0.5, 0.6) is 0 Å². The SMILES string of the molecule is Cn1cc(-c2ccc3cnc(NC(=O)c4ccnc(N5CC6(CCN(I)CC6)C5)c4)cc3c2)nn1. The number of nitrogens with zero attached hydrogens (tertiary/aromatic N) is 7. The first kappa shape index (κ1) is 22.4. The van der Waals surface area contributed by atoms with E-state index in [0.29, 0.717) is 16.8 Å². The average Bonchev–Trinajstić information content (AvgIpc) is 3.29. The minimum absolute atomic E-state index is 0.195. The van der Waals surface area contributed by atoms with Crippen molar-refractivity contribution in [2.75, 3.05) is 36.4 Å². The van der Waals surface area contributed by atoms with Gasteiger partial charge in [0.2, 0.25) is 0 Å². The molecule has 1 spiro atoms. The van der Waals surface area contributed by atoms with Gasteiger partial charge < -0.3 is 10.2 Å². The molecule has 10 heteroatoms. The third kappa shape index (κ3) is 4.47. The molecule has 0 saturated carbocycles. The fourth-order valence-corrected chi connectivity index (χ4v) is 5.45. The summed E-state index contributed by atoms with van der Waals surface area (Å²) in [7, 11) is 1.84. The minimum atomic E-state index is -0.195. The lowest BCUT2D eigenvalue weighted by Crippen LogP contribution is -2.60. The molecule has 0 radical (unpaired) electrons. The minimum Gasteiger partial charge on any atom is -0.355 e. The van der Waals surface area contributed by atoms with Crippen LogP contribution in [0.3, 0.4) is 0 Å². The predicted molar refractivity (Wildman–Crippen MR) is 143 cm³/mol. The van der Waals surface area contributed by atoms with E-state index in [4.69, 9.17) is 0 Å². The van der Waals surface area contributed by atoms with Gasteiger partial charge in [-0.15, -0.1) is 5.10 Å². The number of carbonyl (C=O) groups excluding carboxylic acids is 1. The Balaban J connectivity index is 1.17. The highest BCUT2D eigenvalue weighted by Crippen LogP contribution is 2.42. The van der Waals surface area contributed by atoms with Crippen molar-refractivity contribution < 1.29 is 4.79 Å².